The Morgan fingerprint density at radius 3 is 1.97 bits per heavy atom. The highest BCUT2D eigenvalue weighted by Crippen LogP contribution is 2.64. The molecule has 16 nitrogen and oxygen atoms in total. The van der Waals surface area contributed by atoms with E-state index in [1.807, 2.05) is 33.9 Å². The summed E-state index contributed by atoms with van der Waals surface area (Å²) in [7, 11) is -2.94. The van der Waals surface area contributed by atoms with Crippen LogP contribution in [0.4, 0.5) is 4.79 Å². The summed E-state index contributed by atoms with van der Waals surface area (Å²) >= 11 is 0. The smallest absolute Gasteiger partial charge is 0.408 e. The number of hydrogen-bond acceptors (Lipinski definition) is 15. The van der Waals surface area contributed by atoms with Gasteiger partial charge in [0, 0.05) is 32.1 Å². The van der Waals surface area contributed by atoms with Crippen LogP contribution in [0.2, 0.25) is 18.1 Å². The van der Waals surface area contributed by atoms with Crippen molar-refractivity contribution < 1.29 is 71.8 Å². The van der Waals surface area contributed by atoms with Crippen molar-refractivity contribution in [2.24, 2.45) is 16.7 Å². The van der Waals surface area contributed by atoms with Crippen LogP contribution in [0.3, 0.4) is 0 Å². The van der Waals surface area contributed by atoms with Crippen molar-refractivity contribution in [1.82, 2.24) is 5.32 Å². The number of nitrogens with one attached hydrogen (secondary N) is 1. The molecule has 0 unspecified atom stereocenters. The molecule has 4 aliphatic rings. The number of hydrogen-bond donors (Lipinski definition) is 3. The molecule has 372 valence electrons. The van der Waals surface area contributed by atoms with E-state index in [0.717, 1.165) is 6.92 Å². The van der Waals surface area contributed by atoms with Gasteiger partial charge in [-0.05, 0) is 81.6 Å². The molecule has 2 saturated carbocycles. The van der Waals surface area contributed by atoms with Crippen molar-refractivity contribution in [3.05, 3.63) is 82.9 Å². The van der Waals surface area contributed by atoms with Crippen LogP contribution in [0.5, 0.6) is 0 Å². The second-order valence-electron chi connectivity index (χ2n) is 22.0. The highest BCUT2D eigenvalue weighted by Gasteiger charge is 2.78. The Hall–Kier alpha value is -4.94. The van der Waals surface area contributed by atoms with Gasteiger partial charge in [-0.2, -0.15) is 0 Å². The lowest BCUT2D eigenvalue weighted by molar-refractivity contribution is -0.346. The number of alkyl carbamates (subject to hydrolysis) is 1. The minimum atomic E-state index is -2.94. The number of Topliss-reactive ketones (excluding diaryl/α,β-unsaturated/α-hetero) is 1. The number of fused-ring (bicyclic) bond motifs is 5. The van der Waals surface area contributed by atoms with Crippen molar-refractivity contribution in [3.8, 4) is 0 Å². The highest BCUT2D eigenvalue weighted by molar-refractivity contribution is 6.74. The molecule has 1 amide bonds. The number of ketones is 1. The van der Waals surface area contributed by atoms with E-state index >= 15 is 9.59 Å². The van der Waals surface area contributed by atoms with Crippen LogP contribution in [0, 0.1) is 16.7 Å². The summed E-state index contributed by atoms with van der Waals surface area (Å²) in [5.41, 5.74) is -7.92. The maximum absolute atomic E-state index is 15.7. The molecule has 3 N–H and O–H groups in total. The lowest BCUT2D eigenvalue weighted by Gasteiger charge is -2.67. The molecule has 1 aliphatic heterocycles. The molecule has 6 rings (SSSR count). The third-order valence-corrected chi connectivity index (χ3v) is 19.5. The Balaban J connectivity index is 1.60. The monoisotopic (exact) mass is 963 g/mol. The first-order valence-corrected chi connectivity index (χ1v) is 26.1. The van der Waals surface area contributed by atoms with Gasteiger partial charge in [-0.15, -0.1) is 0 Å². The summed E-state index contributed by atoms with van der Waals surface area (Å²) in [6.45, 7) is 23.2. The molecule has 2 bridgehead atoms. The zero-order chi connectivity index (χ0) is 50.7. The predicted octanol–water partition coefficient (Wildman–Crippen LogP) is 6.86. The van der Waals surface area contributed by atoms with Gasteiger partial charge in [0.2, 0.25) is 0 Å². The third kappa shape index (κ3) is 9.40. The summed E-state index contributed by atoms with van der Waals surface area (Å²) in [5.74, 6) is -5.89. The Kier molecular flexibility index (Phi) is 14.2. The summed E-state index contributed by atoms with van der Waals surface area (Å²) in [5, 5.41) is 28.6. The second-order valence-corrected chi connectivity index (χ2v) is 26.8. The topological polar surface area (TPSA) is 220 Å². The number of carbonyl (C=O) groups excluding carboxylic acids is 6. The molecule has 11 atom stereocenters. The van der Waals surface area contributed by atoms with Crippen LogP contribution in [-0.2, 0) is 52.0 Å². The Labute approximate surface area is 399 Å². The van der Waals surface area contributed by atoms with Crippen molar-refractivity contribution >= 4 is 44.1 Å². The van der Waals surface area contributed by atoms with Gasteiger partial charge in [0.25, 0.3) is 0 Å². The van der Waals surface area contributed by atoms with Gasteiger partial charge in [-0.3, -0.25) is 14.4 Å². The van der Waals surface area contributed by atoms with Crippen LogP contribution in [-0.4, -0.2) is 114 Å². The first-order valence-electron chi connectivity index (χ1n) is 23.2. The van der Waals surface area contributed by atoms with Crippen LogP contribution < -0.4 is 5.32 Å². The zero-order valence-electron chi connectivity index (χ0n) is 41.7. The maximum atomic E-state index is 15.7. The average Bonchev–Trinajstić information content (AvgIpc) is 3.22. The first-order chi connectivity index (χ1) is 31.3. The lowest BCUT2D eigenvalue weighted by Crippen LogP contribution is -2.82. The van der Waals surface area contributed by atoms with E-state index in [9.17, 15) is 29.4 Å². The Morgan fingerprint density at radius 2 is 1.46 bits per heavy atom. The summed E-state index contributed by atoms with van der Waals surface area (Å²) in [6.07, 6.45) is -10.7. The molecular formula is C51H69NO15Si. The lowest BCUT2D eigenvalue weighted by atomic mass is 9.44. The molecule has 0 spiro atoms. The van der Waals surface area contributed by atoms with Crippen molar-refractivity contribution in [1.29, 1.82) is 0 Å². The van der Waals surface area contributed by atoms with E-state index in [2.05, 4.69) is 5.32 Å². The molecular weight excluding hydrogens is 895 g/mol. The van der Waals surface area contributed by atoms with Crippen LogP contribution in [0.1, 0.15) is 118 Å². The van der Waals surface area contributed by atoms with Gasteiger partial charge in [0.05, 0.1) is 35.6 Å². The molecule has 1 saturated heterocycles. The van der Waals surface area contributed by atoms with Crippen molar-refractivity contribution in [2.75, 3.05) is 6.61 Å². The highest BCUT2D eigenvalue weighted by atomic mass is 28.4. The molecule has 3 fully saturated rings. The quantitative estimate of drug-likeness (QED) is 0.0907. The number of benzene rings is 2. The molecule has 2 aromatic carbocycles. The van der Waals surface area contributed by atoms with Gasteiger partial charge in [0.1, 0.15) is 29.5 Å². The van der Waals surface area contributed by atoms with E-state index in [1.165, 1.54) is 26.0 Å². The summed E-state index contributed by atoms with van der Waals surface area (Å²) in [6, 6.07) is 15.5. The number of carbonyl (C=O) groups is 6. The predicted molar refractivity (Wildman–Crippen MR) is 249 cm³/mol. The van der Waals surface area contributed by atoms with Gasteiger partial charge in [-0.25, -0.2) is 14.4 Å². The zero-order valence-corrected chi connectivity index (χ0v) is 42.7. The second kappa shape index (κ2) is 18.4. The van der Waals surface area contributed by atoms with Gasteiger partial charge >= 0.3 is 30.0 Å². The standard InChI is InChI=1S/C51H69NO15Si/c1-28-33(63-44(58)39(67-68(13,14)47(7,8)9)37(31-21-17-15-18-22-31)52-45(59)66-46(4,5)6)26-51(60)42(64-43(57)32-23-19-16-20-24-32)40-49(12,34(55)25-35-50(40,27-61-35)65-30(3)54)41(56)38(62-29(2)53)36(28)48(51,10)11/h15-24,33-35,37-40,42,55,60H,25-27H2,1-14H3,(H,52,59)/t33-,34-,35+,37-,38+,39+,40-,42-,49+,50-,51+/m0/s1. The maximum Gasteiger partial charge on any atom is 0.408 e. The van der Waals surface area contributed by atoms with E-state index in [1.54, 1.807) is 90.1 Å². The molecule has 0 radical (unpaired) electrons. The molecule has 0 aromatic heterocycles. The third-order valence-electron chi connectivity index (χ3n) is 15.0. The Morgan fingerprint density at radius 1 is 0.868 bits per heavy atom. The van der Waals surface area contributed by atoms with E-state index < -0.39 is 132 Å². The largest absolute Gasteiger partial charge is 0.456 e. The van der Waals surface area contributed by atoms with Crippen molar-refractivity contribution in [3.63, 3.8) is 0 Å². The minimum absolute atomic E-state index is 0.0405. The summed E-state index contributed by atoms with van der Waals surface area (Å²) < 4.78 is 43.7. The average molecular weight is 964 g/mol. The van der Waals surface area contributed by atoms with Gasteiger partial charge in [-0.1, -0.05) is 83.1 Å². The number of amides is 1. The molecule has 2 aromatic rings. The normalized spacial score (nSPS) is 30.9. The SMILES string of the molecule is CC(=O)O[C@H]1C(=O)[C@@]2(C)[C@H]([C@H](OC(=O)c3ccccc3)[C@]3(O)C[C@H](OC(=O)[C@H](O[Si](C)(C)C(C)(C)C)[C@@H](NC(=O)OC(C)(C)C)c4ccccc4)C(C)=C1C3(C)C)[C@]1(OC(C)=O)CO[C@@H]1C[C@@H]2O. The molecule has 68 heavy (non-hydrogen) atoms. The van der Waals surface area contributed by atoms with E-state index in [-0.39, 0.29) is 29.7 Å². The number of aliphatic hydroxyl groups is 2. The van der Waals surface area contributed by atoms with E-state index in [0.29, 0.717) is 5.56 Å². The van der Waals surface area contributed by atoms with Crippen molar-refractivity contribution in [2.45, 2.75) is 174 Å². The number of esters is 4. The van der Waals surface area contributed by atoms with E-state index in [4.69, 9.17) is 32.8 Å². The summed E-state index contributed by atoms with van der Waals surface area (Å²) in [4.78, 5) is 85.6. The van der Waals surface area contributed by atoms with Gasteiger partial charge in [0.15, 0.2) is 31.9 Å². The number of aliphatic hydroxyl groups excluding tert-OH is 1. The minimum Gasteiger partial charge on any atom is -0.456 e. The fourth-order valence-electron chi connectivity index (χ4n) is 10.4. The van der Waals surface area contributed by atoms with Gasteiger partial charge < -0.3 is 48.4 Å². The fourth-order valence-corrected chi connectivity index (χ4v) is 11.6. The number of rotatable bonds is 11. The fraction of sp³-hybridized carbons (Fsp3) is 0.608. The molecule has 17 heteroatoms. The molecule has 1 heterocycles. The first kappa shape index (κ1) is 52.4. The van der Waals surface area contributed by atoms with Crippen LogP contribution in [0.25, 0.3) is 0 Å². The molecule has 3 aliphatic carbocycles. The Bertz CT molecular complexity index is 2320. The number of ether oxygens (including phenoxy) is 6. The van der Waals surface area contributed by atoms with Crippen LogP contribution in [0.15, 0.2) is 71.8 Å². The van der Waals surface area contributed by atoms with Crippen LogP contribution >= 0.6 is 0 Å².